The molecule has 0 radical (unpaired) electrons. The van der Waals surface area contributed by atoms with E-state index in [1.807, 2.05) is 36.4 Å². The van der Waals surface area contributed by atoms with E-state index in [4.69, 9.17) is 9.47 Å². The van der Waals surface area contributed by atoms with Crippen molar-refractivity contribution in [3.05, 3.63) is 42.5 Å². The second kappa shape index (κ2) is 9.01. The number of amides is 1. The van der Waals surface area contributed by atoms with Gasteiger partial charge in [-0.1, -0.05) is 44.2 Å². The molecule has 0 aliphatic carbocycles. The lowest BCUT2D eigenvalue weighted by Gasteiger charge is -2.33. The second-order valence-corrected chi connectivity index (χ2v) is 7.25. The highest BCUT2D eigenvalue weighted by Gasteiger charge is 2.21. The van der Waals surface area contributed by atoms with Crippen LogP contribution in [0.3, 0.4) is 0 Å². The van der Waals surface area contributed by atoms with Crippen LogP contribution in [0.5, 0.6) is 5.75 Å². The van der Waals surface area contributed by atoms with Gasteiger partial charge in [0.1, 0.15) is 5.75 Å². The van der Waals surface area contributed by atoms with Gasteiger partial charge in [-0.2, -0.15) is 0 Å². The van der Waals surface area contributed by atoms with Crippen molar-refractivity contribution >= 4 is 16.7 Å². The summed E-state index contributed by atoms with van der Waals surface area (Å²) in [6.07, 6.45) is 0.0483. The zero-order valence-corrected chi connectivity index (χ0v) is 15.6. The maximum absolute atomic E-state index is 12.1. The first-order valence-electron chi connectivity index (χ1n) is 9.32. The molecule has 1 N–H and O–H groups in total. The summed E-state index contributed by atoms with van der Waals surface area (Å²) in [4.78, 5) is 14.5. The smallest absolute Gasteiger partial charge is 0.258 e. The average molecular weight is 356 g/mol. The van der Waals surface area contributed by atoms with E-state index in [9.17, 15) is 4.79 Å². The Morgan fingerprint density at radius 3 is 2.88 bits per heavy atom. The molecule has 0 bridgehead atoms. The number of fused-ring (bicyclic) bond motifs is 1. The maximum atomic E-state index is 12.1. The predicted molar refractivity (Wildman–Crippen MR) is 103 cm³/mol. The Morgan fingerprint density at radius 1 is 1.27 bits per heavy atom. The molecule has 2 aromatic carbocycles. The maximum Gasteiger partial charge on any atom is 0.258 e. The molecular weight excluding hydrogens is 328 g/mol. The number of carbonyl (C=O) groups is 1. The van der Waals surface area contributed by atoms with Crippen LogP contribution in [0.4, 0.5) is 0 Å². The highest BCUT2D eigenvalue weighted by molar-refractivity contribution is 5.84. The Hall–Kier alpha value is -2.11. The van der Waals surface area contributed by atoms with Gasteiger partial charge in [-0.25, -0.2) is 0 Å². The van der Waals surface area contributed by atoms with Crippen molar-refractivity contribution in [1.29, 1.82) is 0 Å². The molecular formula is C21H28N2O3. The lowest BCUT2D eigenvalue weighted by Crippen LogP contribution is -2.48. The van der Waals surface area contributed by atoms with Crippen LogP contribution in [0, 0.1) is 5.92 Å². The van der Waals surface area contributed by atoms with Crippen LogP contribution in [0.2, 0.25) is 0 Å². The third-order valence-electron chi connectivity index (χ3n) is 4.46. The minimum absolute atomic E-state index is 0.0147. The molecule has 5 heteroatoms. The van der Waals surface area contributed by atoms with Crippen LogP contribution in [0.25, 0.3) is 10.8 Å². The van der Waals surface area contributed by atoms with Crippen molar-refractivity contribution in [2.24, 2.45) is 5.92 Å². The Labute approximate surface area is 155 Å². The van der Waals surface area contributed by atoms with E-state index < -0.39 is 0 Å². The third kappa shape index (κ3) is 5.44. The summed E-state index contributed by atoms with van der Waals surface area (Å²) in [5.74, 6) is 1.22. The first kappa shape index (κ1) is 18.7. The van der Waals surface area contributed by atoms with E-state index in [-0.39, 0.29) is 18.6 Å². The summed E-state index contributed by atoms with van der Waals surface area (Å²) >= 11 is 0. The van der Waals surface area contributed by atoms with Crippen LogP contribution in [0.1, 0.15) is 13.8 Å². The van der Waals surface area contributed by atoms with Crippen LogP contribution >= 0.6 is 0 Å². The zero-order chi connectivity index (χ0) is 18.4. The molecule has 1 heterocycles. The Morgan fingerprint density at radius 2 is 2.08 bits per heavy atom. The Balaban J connectivity index is 1.42. The molecule has 0 unspecified atom stereocenters. The van der Waals surface area contributed by atoms with Gasteiger partial charge in [0, 0.05) is 26.2 Å². The number of ether oxygens (including phenoxy) is 2. The summed E-state index contributed by atoms with van der Waals surface area (Å²) < 4.78 is 11.4. The third-order valence-corrected chi connectivity index (χ3v) is 4.46. The van der Waals surface area contributed by atoms with Gasteiger partial charge in [-0.15, -0.1) is 0 Å². The summed E-state index contributed by atoms with van der Waals surface area (Å²) in [5.41, 5.74) is 0. The monoisotopic (exact) mass is 356 g/mol. The Bertz CT molecular complexity index is 732. The van der Waals surface area contributed by atoms with Crippen LogP contribution in [-0.4, -0.2) is 56.3 Å². The summed E-state index contributed by atoms with van der Waals surface area (Å²) in [7, 11) is 0. The number of carbonyl (C=O) groups excluding carboxylic acids is 1. The van der Waals surface area contributed by atoms with E-state index in [2.05, 4.69) is 30.1 Å². The summed E-state index contributed by atoms with van der Waals surface area (Å²) in [6.45, 7) is 8.60. The molecule has 2 aromatic rings. The highest BCUT2D eigenvalue weighted by atomic mass is 16.5. The summed E-state index contributed by atoms with van der Waals surface area (Å²) in [5, 5.41) is 5.18. The molecule has 26 heavy (non-hydrogen) atoms. The lowest BCUT2D eigenvalue weighted by molar-refractivity contribution is -0.124. The standard InChI is InChI=1S/C21H28N2O3/c1-16(2)13-23-9-10-25-20(14-23)12-22-21(24)15-26-19-8-7-17-5-3-4-6-18(17)11-19/h3-8,11,16,20H,9-10,12-15H2,1-2H3,(H,22,24)/t20-/m1/s1. The largest absolute Gasteiger partial charge is 0.484 e. The molecule has 0 spiro atoms. The van der Waals surface area contributed by atoms with Gasteiger partial charge in [-0.05, 0) is 28.8 Å². The van der Waals surface area contributed by atoms with E-state index in [1.165, 1.54) is 0 Å². The van der Waals surface area contributed by atoms with Crippen molar-refractivity contribution < 1.29 is 14.3 Å². The number of hydrogen-bond donors (Lipinski definition) is 1. The number of hydrogen-bond acceptors (Lipinski definition) is 4. The number of nitrogens with one attached hydrogen (secondary N) is 1. The molecule has 1 amide bonds. The zero-order valence-electron chi connectivity index (χ0n) is 15.6. The van der Waals surface area contributed by atoms with Gasteiger partial charge >= 0.3 is 0 Å². The van der Waals surface area contributed by atoms with E-state index >= 15 is 0 Å². The predicted octanol–water partition coefficient (Wildman–Crippen LogP) is 2.69. The fourth-order valence-electron chi connectivity index (χ4n) is 3.27. The van der Waals surface area contributed by atoms with Crippen LogP contribution in [0.15, 0.2) is 42.5 Å². The quantitative estimate of drug-likeness (QED) is 0.829. The van der Waals surface area contributed by atoms with Gasteiger partial charge in [0.25, 0.3) is 5.91 Å². The first-order valence-corrected chi connectivity index (χ1v) is 9.32. The fraction of sp³-hybridized carbons (Fsp3) is 0.476. The van der Waals surface area contributed by atoms with Crippen molar-refractivity contribution in [3.8, 4) is 5.75 Å². The number of nitrogens with zero attached hydrogens (tertiary/aromatic N) is 1. The van der Waals surface area contributed by atoms with Gasteiger partial charge < -0.3 is 14.8 Å². The number of rotatable bonds is 7. The number of benzene rings is 2. The summed E-state index contributed by atoms with van der Waals surface area (Å²) in [6, 6.07) is 13.9. The van der Waals surface area contributed by atoms with Crippen molar-refractivity contribution in [2.75, 3.05) is 39.4 Å². The van der Waals surface area contributed by atoms with E-state index in [0.29, 0.717) is 18.2 Å². The molecule has 5 nitrogen and oxygen atoms in total. The molecule has 1 saturated heterocycles. The average Bonchev–Trinajstić information content (AvgIpc) is 2.64. The molecule has 0 saturated carbocycles. The van der Waals surface area contributed by atoms with Gasteiger partial charge in [-0.3, -0.25) is 9.69 Å². The van der Waals surface area contributed by atoms with Gasteiger partial charge in [0.2, 0.25) is 0 Å². The van der Waals surface area contributed by atoms with Gasteiger partial charge in [0.15, 0.2) is 6.61 Å². The Kier molecular flexibility index (Phi) is 6.47. The topological polar surface area (TPSA) is 50.8 Å². The SMILES string of the molecule is CC(C)CN1CCO[C@H](CNC(=O)COc2ccc3ccccc3c2)C1. The molecule has 1 aliphatic heterocycles. The minimum atomic E-state index is -0.122. The highest BCUT2D eigenvalue weighted by Crippen LogP contribution is 2.20. The van der Waals surface area contributed by atoms with Crippen LogP contribution in [-0.2, 0) is 9.53 Å². The first-order chi connectivity index (χ1) is 12.6. The van der Waals surface area contributed by atoms with Crippen molar-refractivity contribution in [3.63, 3.8) is 0 Å². The normalized spacial score (nSPS) is 18.2. The van der Waals surface area contributed by atoms with Gasteiger partial charge in [0.05, 0.1) is 12.7 Å². The molecule has 0 aromatic heterocycles. The van der Waals surface area contributed by atoms with Crippen molar-refractivity contribution in [2.45, 2.75) is 20.0 Å². The van der Waals surface area contributed by atoms with Crippen molar-refractivity contribution in [1.82, 2.24) is 10.2 Å². The van der Waals surface area contributed by atoms with E-state index in [0.717, 1.165) is 37.0 Å². The second-order valence-electron chi connectivity index (χ2n) is 7.25. The molecule has 1 aliphatic rings. The van der Waals surface area contributed by atoms with Crippen LogP contribution < -0.4 is 10.1 Å². The number of morpholine rings is 1. The minimum Gasteiger partial charge on any atom is -0.484 e. The molecule has 140 valence electrons. The lowest BCUT2D eigenvalue weighted by atomic mass is 10.1. The molecule has 1 fully saturated rings. The molecule has 3 rings (SSSR count). The van der Waals surface area contributed by atoms with E-state index in [1.54, 1.807) is 0 Å². The fourth-order valence-corrected chi connectivity index (χ4v) is 3.27. The molecule has 1 atom stereocenters.